The van der Waals surface area contributed by atoms with Crippen LogP contribution in [0.15, 0.2) is 18.5 Å². The van der Waals surface area contributed by atoms with Crippen molar-refractivity contribution in [1.82, 2.24) is 9.88 Å². The molecular formula is C16H25N3O. The molecule has 20 heavy (non-hydrogen) atoms. The lowest BCUT2D eigenvalue weighted by Gasteiger charge is -2.38. The lowest BCUT2D eigenvalue weighted by Crippen LogP contribution is -2.49. The Morgan fingerprint density at radius 2 is 2.10 bits per heavy atom. The maximum absolute atomic E-state index is 5.85. The molecule has 1 aromatic heterocycles. The van der Waals surface area contributed by atoms with E-state index in [9.17, 15) is 0 Å². The zero-order valence-corrected chi connectivity index (χ0v) is 12.4. The normalized spacial score (nSPS) is 24.9. The van der Waals surface area contributed by atoms with E-state index in [1.165, 1.54) is 30.5 Å². The molecule has 0 amide bonds. The van der Waals surface area contributed by atoms with E-state index in [4.69, 9.17) is 4.74 Å². The highest BCUT2D eigenvalue weighted by Gasteiger charge is 2.22. The Kier molecular flexibility index (Phi) is 4.53. The van der Waals surface area contributed by atoms with Gasteiger partial charge in [0.15, 0.2) is 0 Å². The fourth-order valence-electron chi connectivity index (χ4n) is 3.23. The minimum Gasteiger partial charge on any atom is -0.377 e. The number of ether oxygens (including phenoxy) is 1. The minimum absolute atomic E-state index is 0.470. The summed E-state index contributed by atoms with van der Waals surface area (Å²) in [6.45, 7) is 8.72. The average molecular weight is 275 g/mol. The van der Waals surface area contributed by atoms with Crippen LogP contribution in [0.2, 0.25) is 0 Å². The number of anilines is 1. The van der Waals surface area contributed by atoms with Crippen LogP contribution in [-0.2, 0) is 4.74 Å². The molecule has 1 aromatic rings. The summed E-state index contributed by atoms with van der Waals surface area (Å²) in [5.41, 5.74) is 2.62. The Hall–Kier alpha value is -1.13. The molecule has 0 unspecified atom stereocenters. The van der Waals surface area contributed by atoms with Gasteiger partial charge in [-0.05, 0) is 37.8 Å². The van der Waals surface area contributed by atoms with Crippen molar-refractivity contribution in [2.75, 3.05) is 44.2 Å². The van der Waals surface area contributed by atoms with Crippen molar-refractivity contribution in [3.63, 3.8) is 0 Å². The maximum atomic E-state index is 5.85. The second-order valence-corrected chi connectivity index (χ2v) is 5.94. The van der Waals surface area contributed by atoms with Crippen molar-refractivity contribution in [2.24, 2.45) is 0 Å². The number of hydrogen-bond acceptors (Lipinski definition) is 4. The molecule has 0 aromatic carbocycles. The minimum atomic E-state index is 0.470. The second kappa shape index (κ2) is 6.55. The van der Waals surface area contributed by atoms with Gasteiger partial charge >= 0.3 is 0 Å². The van der Waals surface area contributed by atoms with Crippen molar-refractivity contribution < 1.29 is 4.74 Å². The highest BCUT2D eigenvalue weighted by molar-refractivity contribution is 5.51. The molecule has 4 nitrogen and oxygen atoms in total. The molecule has 0 bridgehead atoms. The first-order valence-corrected chi connectivity index (χ1v) is 7.82. The molecule has 110 valence electrons. The lowest BCUT2D eigenvalue weighted by atomic mass is 10.1. The van der Waals surface area contributed by atoms with Crippen molar-refractivity contribution >= 4 is 5.69 Å². The molecule has 0 N–H and O–H groups in total. The molecule has 2 aliphatic heterocycles. The van der Waals surface area contributed by atoms with Crippen LogP contribution >= 0.6 is 0 Å². The van der Waals surface area contributed by atoms with E-state index < -0.39 is 0 Å². The van der Waals surface area contributed by atoms with E-state index in [0.717, 1.165) is 39.3 Å². The van der Waals surface area contributed by atoms with Crippen LogP contribution in [0.3, 0.4) is 0 Å². The van der Waals surface area contributed by atoms with Crippen molar-refractivity contribution in [3.05, 3.63) is 24.0 Å². The fourth-order valence-corrected chi connectivity index (χ4v) is 3.23. The average Bonchev–Trinajstić information content (AvgIpc) is 2.50. The van der Waals surface area contributed by atoms with Crippen molar-refractivity contribution in [2.45, 2.75) is 32.3 Å². The van der Waals surface area contributed by atoms with E-state index in [-0.39, 0.29) is 0 Å². The first-order chi connectivity index (χ1) is 9.83. The van der Waals surface area contributed by atoms with Crippen LogP contribution in [0.1, 0.15) is 24.8 Å². The van der Waals surface area contributed by atoms with Gasteiger partial charge in [0.1, 0.15) is 0 Å². The molecule has 3 heterocycles. The molecule has 0 spiro atoms. The Labute approximate surface area is 121 Å². The topological polar surface area (TPSA) is 28.6 Å². The molecule has 0 radical (unpaired) electrons. The number of piperazine rings is 1. The molecule has 2 fully saturated rings. The third kappa shape index (κ3) is 3.30. The van der Waals surface area contributed by atoms with Crippen LogP contribution in [0, 0.1) is 6.92 Å². The van der Waals surface area contributed by atoms with Gasteiger partial charge in [-0.1, -0.05) is 0 Å². The smallest absolute Gasteiger partial charge is 0.0702 e. The molecule has 0 aliphatic carbocycles. The monoisotopic (exact) mass is 275 g/mol. The summed E-state index contributed by atoms with van der Waals surface area (Å²) in [4.78, 5) is 9.22. The number of aryl methyl sites for hydroxylation is 1. The predicted octanol–water partition coefficient (Wildman–Crippen LogP) is 2.08. The molecular weight excluding hydrogens is 250 g/mol. The summed E-state index contributed by atoms with van der Waals surface area (Å²) >= 11 is 0. The van der Waals surface area contributed by atoms with Crippen LogP contribution in [0.25, 0.3) is 0 Å². The summed E-state index contributed by atoms with van der Waals surface area (Å²) in [5.74, 6) is 0. The van der Waals surface area contributed by atoms with Gasteiger partial charge in [0.25, 0.3) is 0 Å². The fraction of sp³-hybridized carbons (Fsp3) is 0.688. The Morgan fingerprint density at radius 3 is 2.80 bits per heavy atom. The Bertz CT molecular complexity index is 423. The van der Waals surface area contributed by atoms with Gasteiger partial charge in [0.05, 0.1) is 6.10 Å². The quantitative estimate of drug-likeness (QED) is 0.844. The van der Waals surface area contributed by atoms with Crippen molar-refractivity contribution in [3.8, 4) is 0 Å². The van der Waals surface area contributed by atoms with E-state index in [2.05, 4.69) is 27.8 Å². The molecule has 0 saturated carbocycles. The van der Waals surface area contributed by atoms with Gasteiger partial charge in [0.2, 0.25) is 0 Å². The number of aromatic nitrogens is 1. The summed E-state index contributed by atoms with van der Waals surface area (Å²) in [6, 6.07) is 2.13. The van der Waals surface area contributed by atoms with Gasteiger partial charge in [-0.25, -0.2) is 0 Å². The van der Waals surface area contributed by atoms with E-state index in [1.54, 1.807) is 0 Å². The number of hydrogen-bond donors (Lipinski definition) is 0. The first-order valence-electron chi connectivity index (χ1n) is 7.82. The Morgan fingerprint density at radius 1 is 1.25 bits per heavy atom. The van der Waals surface area contributed by atoms with Crippen LogP contribution in [0.5, 0.6) is 0 Å². The number of pyridine rings is 1. The van der Waals surface area contributed by atoms with Crippen LogP contribution in [0.4, 0.5) is 5.69 Å². The highest BCUT2D eigenvalue weighted by atomic mass is 16.5. The molecule has 3 rings (SSSR count). The maximum Gasteiger partial charge on any atom is 0.0702 e. The molecule has 2 aliphatic rings. The summed E-state index contributed by atoms with van der Waals surface area (Å²) in [7, 11) is 0. The van der Waals surface area contributed by atoms with E-state index in [1.807, 2.05) is 12.4 Å². The van der Waals surface area contributed by atoms with Gasteiger partial charge in [-0.3, -0.25) is 9.88 Å². The molecule has 1 atom stereocenters. The number of nitrogens with zero attached hydrogens (tertiary/aromatic N) is 3. The zero-order chi connectivity index (χ0) is 13.8. The Balaban J connectivity index is 1.50. The summed E-state index contributed by atoms with van der Waals surface area (Å²) in [6.07, 6.45) is 8.14. The molecule has 4 heteroatoms. The third-order valence-corrected chi connectivity index (χ3v) is 4.44. The molecule has 2 saturated heterocycles. The summed E-state index contributed by atoms with van der Waals surface area (Å²) < 4.78 is 5.85. The van der Waals surface area contributed by atoms with Gasteiger partial charge in [-0.2, -0.15) is 0 Å². The lowest BCUT2D eigenvalue weighted by molar-refractivity contribution is -0.00645. The zero-order valence-electron chi connectivity index (χ0n) is 12.4. The van der Waals surface area contributed by atoms with Crippen LogP contribution < -0.4 is 4.90 Å². The number of rotatable bonds is 3. The largest absolute Gasteiger partial charge is 0.377 e. The second-order valence-electron chi connectivity index (χ2n) is 5.94. The predicted molar refractivity (Wildman–Crippen MR) is 81.2 cm³/mol. The van der Waals surface area contributed by atoms with Crippen LogP contribution in [-0.4, -0.2) is 55.3 Å². The standard InChI is InChI=1S/C16H25N3O/c1-14-12-17-6-5-16(14)19-9-7-18(8-10-19)13-15-4-2-3-11-20-15/h5-6,12,15H,2-4,7-11,13H2,1H3/t15-/m1/s1. The van der Waals surface area contributed by atoms with Gasteiger partial charge in [0, 0.05) is 57.4 Å². The van der Waals surface area contributed by atoms with Gasteiger partial charge in [-0.15, -0.1) is 0 Å². The first kappa shape index (κ1) is 13.8. The SMILES string of the molecule is Cc1cnccc1N1CCN(C[C@H]2CCCCO2)CC1. The van der Waals surface area contributed by atoms with Crippen molar-refractivity contribution in [1.29, 1.82) is 0 Å². The summed E-state index contributed by atoms with van der Waals surface area (Å²) in [5, 5.41) is 0. The van der Waals surface area contributed by atoms with E-state index in [0.29, 0.717) is 6.10 Å². The highest BCUT2D eigenvalue weighted by Crippen LogP contribution is 2.21. The van der Waals surface area contributed by atoms with E-state index >= 15 is 0 Å². The third-order valence-electron chi connectivity index (χ3n) is 4.44. The van der Waals surface area contributed by atoms with Gasteiger partial charge < -0.3 is 9.64 Å².